The molecule has 1 N–H and O–H groups in total. The van der Waals surface area contributed by atoms with E-state index in [2.05, 4.69) is 164 Å². The van der Waals surface area contributed by atoms with Gasteiger partial charge in [-0.05, 0) is 117 Å². The molecule has 0 saturated heterocycles. The molecule has 0 aromatic heterocycles. The van der Waals surface area contributed by atoms with E-state index in [-0.39, 0.29) is 6.17 Å². The topological polar surface area (TPSA) is 57.4 Å². The third-order valence-corrected chi connectivity index (χ3v) is 12.2. The van der Waals surface area contributed by atoms with Crippen molar-refractivity contribution in [2.75, 3.05) is 5.32 Å². The van der Waals surface area contributed by atoms with Crippen molar-refractivity contribution in [3.8, 4) is 39.8 Å². The summed E-state index contributed by atoms with van der Waals surface area (Å²) < 4.78 is 6.81. The maximum atomic E-state index is 9.61. The lowest BCUT2D eigenvalue weighted by Crippen LogP contribution is -2.35. The first kappa shape index (κ1) is 33.1. The first-order valence-electron chi connectivity index (χ1n) is 19.7. The number of rotatable bonds is 4. The third kappa shape index (κ3) is 5.09. The van der Waals surface area contributed by atoms with Crippen LogP contribution in [0.25, 0.3) is 27.8 Å². The van der Waals surface area contributed by atoms with Crippen molar-refractivity contribution in [1.82, 2.24) is 0 Å². The summed E-state index contributed by atoms with van der Waals surface area (Å²) in [6, 6.07) is 60.1. The van der Waals surface area contributed by atoms with Crippen LogP contribution in [0.2, 0.25) is 0 Å². The number of benzene rings is 7. The van der Waals surface area contributed by atoms with E-state index in [1.165, 1.54) is 27.8 Å². The van der Waals surface area contributed by atoms with Gasteiger partial charge in [0.05, 0.1) is 22.8 Å². The molecular weight excluding hydrogens is 695 g/mol. The quantitative estimate of drug-likeness (QED) is 0.196. The summed E-state index contributed by atoms with van der Waals surface area (Å²) in [5, 5.41) is 13.4. The van der Waals surface area contributed by atoms with Gasteiger partial charge in [-0.2, -0.15) is 5.26 Å². The lowest BCUT2D eigenvalue weighted by molar-refractivity contribution is 0.424. The van der Waals surface area contributed by atoms with Crippen LogP contribution in [0.15, 0.2) is 187 Å². The van der Waals surface area contributed by atoms with Gasteiger partial charge >= 0.3 is 0 Å². The fraction of sp³-hybridized carbons (Fsp3) is 0.0943. The van der Waals surface area contributed by atoms with Crippen molar-refractivity contribution in [1.29, 1.82) is 5.26 Å². The Morgan fingerprint density at radius 3 is 2.14 bits per heavy atom. The Kier molecular flexibility index (Phi) is 7.52. The maximum Gasteiger partial charge on any atom is 0.145 e. The normalized spacial score (nSPS) is 19.5. The molecular formula is C53H37N3O. The Hall–Kier alpha value is -7.22. The van der Waals surface area contributed by atoms with Gasteiger partial charge in [-0.1, -0.05) is 128 Å². The van der Waals surface area contributed by atoms with Gasteiger partial charge in [-0.3, -0.25) is 4.99 Å². The number of ether oxygens (including phenoxy) is 1. The zero-order chi connectivity index (χ0) is 38.1. The molecule has 7 aromatic rings. The molecule has 3 atom stereocenters. The Morgan fingerprint density at radius 1 is 0.632 bits per heavy atom. The summed E-state index contributed by atoms with van der Waals surface area (Å²) >= 11 is 0. The molecule has 4 heteroatoms. The van der Waals surface area contributed by atoms with Crippen LogP contribution in [0.3, 0.4) is 0 Å². The van der Waals surface area contributed by atoms with E-state index >= 15 is 0 Å². The van der Waals surface area contributed by atoms with Crippen LogP contribution in [0, 0.1) is 17.2 Å². The molecule has 2 aliphatic carbocycles. The number of nitriles is 1. The van der Waals surface area contributed by atoms with Gasteiger partial charge < -0.3 is 10.1 Å². The first-order chi connectivity index (χ1) is 28.1. The van der Waals surface area contributed by atoms with E-state index in [4.69, 9.17) is 9.73 Å². The van der Waals surface area contributed by atoms with Crippen molar-refractivity contribution in [2.24, 2.45) is 10.9 Å². The summed E-state index contributed by atoms with van der Waals surface area (Å²) in [6.45, 7) is 2.38. The molecule has 57 heavy (non-hydrogen) atoms. The summed E-state index contributed by atoms with van der Waals surface area (Å²) in [7, 11) is 0. The summed E-state index contributed by atoms with van der Waals surface area (Å²) in [5.74, 6) is 2.13. The second-order valence-electron chi connectivity index (χ2n) is 15.4. The molecule has 4 nitrogen and oxygen atoms in total. The molecule has 11 rings (SSSR count). The minimum atomic E-state index is -0.507. The highest BCUT2D eigenvalue weighted by molar-refractivity contribution is 6.17. The Balaban J connectivity index is 1.14. The van der Waals surface area contributed by atoms with Gasteiger partial charge in [-0.25, -0.2) is 0 Å². The molecule has 270 valence electrons. The minimum Gasteiger partial charge on any atom is -0.457 e. The third-order valence-electron chi connectivity index (χ3n) is 12.2. The van der Waals surface area contributed by atoms with E-state index < -0.39 is 5.41 Å². The van der Waals surface area contributed by atoms with Crippen LogP contribution in [-0.4, -0.2) is 5.71 Å². The molecule has 0 bridgehead atoms. The second-order valence-corrected chi connectivity index (χ2v) is 15.4. The van der Waals surface area contributed by atoms with E-state index in [0.29, 0.717) is 11.5 Å². The SMILES string of the molecule is CC1CC=CC2=C1C1(c3ccccc3Oc3ccc(-c4cc(-c5ccc(C#N)cc5)cc(C5N=C(c6ccccc6)c6ccccc6N5)c4)cc31)c1ccccc12. The van der Waals surface area contributed by atoms with Crippen LogP contribution in [0.4, 0.5) is 5.69 Å². The molecule has 4 aliphatic rings. The highest BCUT2D eigenvalue weighted by atomic mass is 16.5. The van der Waals surface area contributed by atoms with Crippen LogP contribution in [0.1, 0.15) is 64.0 Å². The summed E-state index contributed by atoms with van der Waals surface area (Å²) in [4.78, 5) is 5.42. The van der Waals surface area contributed by atoms with Crippen LogP contribution >= 0.6 is 0 Å². The lowest BCUT2D eigenvalue weighted by atomic mass is 9.61. The number of hydrogen-bond donors (Lipinski definition) is 1. The number of nitrogens with zero attached hydrogens (tertiary/aromatic N) is 2. The van der Waals surface area contributed by atoms with Crippen molar-refractivity contribution in [3.63, 3.8) is 0 Å². The minimum absolute atomic E-state index is 0.336. The number of para-hydroxylation sites is 2. The van der Waals surface area contributed by atoms with Crippen LogP contribution in [0.5, 0.6) is 11.5 Å². The monoisotopic (exact) mass is 731 g/mol. The molecule has 3 unspecified atom stereocenters. The zero-order valence-electron chi connectivity index (χ0n) is 31.4. The second kappa shape index (κ2) is 12.9. The average molecular weight is 732 g/mol. The molecule has 2 aliphatic heterocycles. The molecule has 1 spiro atoms. The lowest BCUT2D eigenvalue weighted by Gasteiger charge is -2.43. The van der Waals surface area contributed by atoms with Gasteiger partial charge in [0.15, 0.2) is 0 Å². The Bertz CT molecular complexity index is 2910. The predicted octanol–water partition coefficient (Wildman–Crippen LogP) is 12.7. The molecule has 7 aromatic carbocycles. The maximum absolute atomic E-state index is 9.61. The number of nitrogens with one attached hydrogen (secondary N) is 1. The first-order valence-corrected chi connectivity index (χ1v) is 19.7. The number of hydrogen-bond acceptors (Lipinski definition) is 4. The summed E-state index contributed by atoms with van der Waals surface area (Å²) in [6.07, 6.45) is 5.33. The summed E-state index contributed by atoms with van der Waals surface area (Å²) in [5.41, 5.74) is 17.4. The highest BCUT2D eigenvalue weighted by Crippen LogP contribution is 2.64. The fourth-order valence-electron chi connectivity index (χ4n) is 9.72. The van der Waals surface area contributed by atoms with Gasteiger partial charge in [0.1, 0.15) is 17.7 Å². The molecule has 2 heterocycles. The smallest absolute Gasteiger partial charge is 0.145 e. The highest BCUT2D eigenvalue weighted by Gasteiger charge is 2.53. The standard InChI is InChI=1S/C53H37N3O/c1-33-12-11-17-42-41-15-5-7-18-44(41)53(50(33)42)45-19-8-10-21-48(45)57-49-27-26-37(31-46(49)53)39-28-38(35-24-22-34(32-54)23-25-35)29-40(30-39)52-55-47-20-9-6-16-43(47)51(56-52)36-13-3-2-4-14-36/h2-11,13-31,33,52,55H,12H2,1H3. The fourth-order valence-corrected chi connectivity index (χ4v) is 9.72. The van der Waals surface area contributed by atoms with Gasteiger partial charge in [0.25, 0.3) is 0 Å². The van der Waals surface area contributed by atoms with Crippen molar-refractivity contribution in [2.45, 2.75) is 24.9 Å². The van der Waals surface area contributed by atoms with Gasteiger partial charge in [0, 0.05) is 27.9 Å². The Morgan fingerprint density at radius 2 is 1.32 bits per heavy atom. The molecule has 0 fully saturated rings. The van der Waals surface area contributed by atoms with Gasteiger partial charge in [-0.15, -0.1) is 0 Å². The molecule has 0 saturated carbocycles. The van der Waals surface area contributed by atoms with Crippen LogP contribution in [-0.2, 0) is 5.41 Å². The largest absolute Gasteiger partial charge is 0.457 e. The Labute approximate surface area is 332 Å². The predicted molar refractivity (Wildman–Crippen MR) is 230 cm³/mol. The van der Waals surface area contributed by atoms with E-state index in [0.717, 1.165) is 73.8 Å². The van der Waals surface area contributed by atoms with Crippen molar-refractivity contribution < 1.29 is 4.74 Å². The number of aliphatic imine (C=N–C) groups is 1. The number of allylic oxidation sites excluding steroid dienone is 4. The molecule has 0 radical (unpaired) electrons. The van der Waals surface area contributed by atoms with Crippen molar-refractivity contribution >= 4 is 17.0 Å². The van der Waals surface area contributed by atoms with E-state index in [1.807, 2.05) is 30.3 Å². The van der Waals surface area contributed by atoms with Crippen LogP contribution < -0.4 is 10.1 Å². The van der Waals surface area contributed by atoms with Crippen molar-refractivity contribution in [3.05, 3.63) is 226 Å². The molecule has 0 amide bonds. The van der Waals surface area contributed by atoms with Gasteiger partial charge in [0.2, 0.25) is 0 Å². The average Bonchev–Trinajstić information content (AvgIpc) is 3.57. The van der Waals surface area contributed by atoms with E-state index in [1.54, 1.807) is 0 Å². The number of anilines is 1. The zero-order valence-corrected chi connectivity index (χ0v) is 31.4. The number of fused-ring (bicyclic) bond motifs is 9. The van der Waals surface area contributed by atoms with E-state index in [9.17, 15) is 5.26 Å².